The number of ether oxygens (including phenoxy) is 3. The van der Waals surface area contributed by atoms with Crippen LogP contribution in [-0.2, 0) is 14.3 Å². The largest absolute Gasteiger partial charge is 0.490 e. The van der Waals surface area contributed by atoms with Gasteiger partial charge >= 0.3 is 12.1 Å². The van der Waals surface area contributed by atoms with Gasteiger partial charge in [0.15, 0.2) is 0 Å². The summed E-state index contributed by atoms with van der Waals surface area (Å²) < 4.78 is 16.1. The van der Waals surface area contributed by atoms with Gasteiger partial charge in [-0.15, -0.1) is 11.8 Å². The minimum atomic E-state index is -0.592. The zero-order valence-corrected chi connectivity index (χ0v) is 17.2. The summed E-state index contributed by atoms with van der Waals surface area (Å²) in [5, 5.41) is 2.56. The van der Waals surface area contributed by atoms with Crippen molar-refractivity contribution in [2.45, 2.75) is 17.9 Å². The summed E-state index contributed by atoms with van der Waals surface area (Å²) >= 11 is 1.58. The van der Waals surface area contributed by atoms with Crippen molar-refractivity contribution in [1.29, 1.82) is 0 Å². The molecular weight excluding hydrogens is 390 g/mol. The number of amides is 1. The molecule has 6 nitrogen and oxygen atoms in total. The molecule has 1 atom stereocenters. The second-order valence-electron chi connectivity index (χ2n) is 6.07. The van der Waals surface area contributed by atoms with Crippen molar-refractivity contribution in [2.75, 3.05) is 25.5 Å². The number of aryl methyl sites for hydroxylation is 1. The lowest BCUT2D eigenvalue weighted by Gasteiger charge is -2.19. The number of hydrogen-bond acceptors (Lipinski definition) is 6. The molecule has 0 radical (unpaired) electrons. The first-order chi connectivity index (χ1) is 14.1. The van der Waals surface area contributed by atoms with Crippen LogP contribution in [0.1, 0.15) is 5.56 Å². The molecule has 0 aliphatic carbocycles. The van der Waals surface area contributed by atoms with E-state index in [1.807, 2.05) is 61.5 Å². The summed E-state index contributed by atoms with van der Waals surface area (Å²) in [7, 11) is 0. The van der Waals surface area contributed by atoms with Crippen LogP contribution in [-0.4, -0.2) is 43.7 Å². The molecule has 0 bridgehead atoms. The van der Waals surface area contributed by atoms with Gasteiger partial charge in [-0.3, -0.25) is 0 Å². The van der Waals surface area contributed by atoms with E-state index >= 15 is 0 Å². The van der Waals surface area contributed by atoms with Crippen LogP contribution in [0.15, 0.2) is 72.1 Å². The van der Waals surface area contributed by atoms with Crippen molar-refractivity contribution in [3.63, 3.8) is 0 Å². The van der Waals surface area contributed by atoms with E-state index in [0.717, 1.165) is 16.5 Å². The molecule has 0 saturated carbocycles. The SMILES string of the molecule is C=CC(=O)OCCNC(=O)OC(COc1ccc(C)cc1)CSc1ccccc1. The molecule has 0 aliphatic rings. The molecule has 1 amide bonds. The normalized spacial score (nSPS) is 11.2. The smallest absolute Gasteiger partial charge is 0.407 e. The van der Waals surface area contributed by atoms with E-state index in [4.69, 9.17) is 14.2 Å². The number of benzene rings is 2. The lowest BCUT2D eigenvalue weighted by atomic mass is 10.2. The number of nitrogens with one attached hydrogen (secondary N) is 1. The molecule has 0 heterocycles. The van der Waals surface area contributed by atoms with Crippen molar-refractivity contribution in [1.82, 2.24) is 5.32 Å². The van der Waals surface area contributed by atoms with Crippen LogP contribution in [0.5, 0.6) is 5.75 Å². The van der Waals surface area contributed by atoms with Crippen molar-refractivity contribution < 1.29 is 23.8 Å². The number of carbonyl (C=O) groups is 2. The second kappa shape index (κ2) is 12.5. The maximum Gasteiger partial charge on any atom is 0.407 e. The van der Waals surface area contributed by atoms with Crippen LogP contribution in [0.4, 0.5) is 4.79 Å². The lowest BCUT2D eigenvalue weighted by molar-refractivity contribution is -0.137. The van der Waals surface area contributed by atoms with Gasteiger partial charge in [0.1, 0.15) is 25.1 Å². The van der Waals surface area contributed by atoms with E-state index in [0.29, 0.717) is 11.5 Å². The molecule has 7 heteroatoms. The topological polar surface area (TPSA) is 73.9 Å². The van der Waals surface area contributed by atoms with E-state index in [1.54, 1.807) is 11.8 Å². The van der Waals surface area contributed by atoms with Crippen LogP contribution in [0.2, 0.25) is 0 Å². The molecule has 0 spiro atoms. The summed E-state index contributed by atoms with van der Waals surface area (Å²) in [6, 6.07) is 17.5. The molecule has 1 N–H and O–H groups in total. The van der Waals surface area contributed by atoms with Crippen LogP contribution in [0.3, 0.4) is 0 Å². The van der Waals surface area contributed by atoms with Gasteiger partial charge in [-0.25, -0.2) is 9.59 Å². The maximum absolute atomic E-state index is 12.1. The molecule has 154 valence electrons. The van der Waals surface area contributed by atoms with E-state index in [2.05, 4.69) is 11.9 Å². The Kier molecular flexibility index (Phi) is 9.65. The fourth-order valence-electron chi connectivity index (χ4n) is 2.20. The van der Waals surface area contributed by atoms with Gasteiger partial charge in [-0.1, -0.05) is 42.5 Å². The van der Waals surface area contributed by atoms with Crippen LogP contribution >= 0.6 is 11.8 Å². The first kappa shape index (κ1) is 22.4. The zero-order valence-electron chi connectivity index (χ0n) is 16.3. The quantitative estimate of drug-likeness (QED) is 0.259. The molecule has 2 rings (SSSR count). The van der Waals surface area contributed by atoms with Crippen molar-refractivity contribution in [3.8, 4) is 5.75 Å². The van der Waals surface area contributed by atoms with Gasteiger partial charge in [-0.05, 0) is 31.2 Å². The molecular formula is C22H25NO5S. The number of carbonyl (C=O) groups excluding carboxylic acids is 2. The van der Waals surface area contributed by atoms with E-state index in [9.17, 15) is 9.59 Å². The van der Waals surface area contributed by atoms with Crippen LogP contribution < -0.4 is 10.1 Å². The Morgan fingerprint density at radius 1 is 1.14 bits per heavy atom. The maximum atomic E-state index is 12.1. The third-order valence-electron chi connectivity index (χ3n) is 3.69. The molecule has 0 aliphatic heterocycles. The summed E-state index contributed by atoms with van der Waals surface area (Å²) in [6.07, 6.45) is 0.0143. The first-order valence-corrected chi connectivity index (χ1v) is 10.2. The molecule has 1 unspecified atom stereocenters. The molecule has 2 aromatic carbocycles. The summed E-state index contributed by atoms with van der Waals surface area (Å²) in [5.41, 5.74) is 1.14. The third-order valence-corrected chi connectivity index (χ3v) is 4.84. The Balaban J connectivity index is 1.84. The fourth-order valence-corrected chi connectivity index (χ4v) is 3.09. The van der Waals surface area contributed by atoms with Crippen molar-refractivity contribution in [3.05, 3.63) is 72.8 Å². The van der Waals surface area contributed by atoms with Crippen LogP contribution in [0.25, 0.3) is 0 Å². The molecule has 0 aromatic heterocycles. The first-order valence-electron chi connectivity index (χ1n) is 9.18. The Bertz CT molecular complexity index is 780. The minimum Gasteiger partial charge on any atom is -0.490 e. The Hall–Kier alpha value is -2.93. The van der Waals surface area contributed by atoms with Gasteiger partial charge in [-0.2, -0.15) is 0 Å². The second-order valence-corrected chi connectivity index (χ2v) is 7.17. The average molecular weight is 416 g/mol. The number of thioether (sulfide) groups is 1. The molecule has 2 aromatic rings. The van der Waals surface area contributed by atoms with E-state index < -0.39 is 18.2 Å². The van der Waals surface area contributed by atoms with E-state index in [-0.39, 0.29) is 19.8 Å². The average Bonchev–Trinajstić information content (AvgIpc) is 2.74. The van der Waals surface area contributed by atoms with Gasteiger partial charge in [0.05, 0.1) is 6.54 Å². The summed E-state index contributed by atoms with van der Waals surface area (Å²) in [6.45, 7) is 5.73. The highest BCUT2D eigenvalue weighted by Gasteiger charge is 2.16. The molecule has 0 saturated heterocycles. The Morgan fingerprint density at radius 3 is 2.55 bits per heavy atom. The van der Waals surface area contributed by atoms with E-state index in [1.165, 1.54) is 0 Å². The van der Waals surface area contributed by atoms with Gasteiger partial charge in [0, 0.05) is 16.7 Å². The summed E-state index contributed by atoms with van der Waals surface area (Å²) in [4.78, 5) is 24.1. The predicted octanol–water partition coefficient (Wildman–Crippen LogP) is 3.99. The fraction of sp³-hybridized carbons (Fsp3) is 0.273. The number of alkyl carbamates (subject to hydrolysis) is 1. The van der Waals surface area contributed by atoms with Crippen LogP contribution in [0, 0.1) is 6.92 Å². The monoisotopic (exact) mass is 415 g/mol. The highest BCUT2D eigenvalue weighted by atomic mass is 32.2. The van der Waals surface area contributed by atoms with Gasteiger partial charge in [0.2, 0.25) is 0 Å². The standard InChI is InChI=1S/C22H25NO5S/c1-3-21(24)26-14-13-23-22(25)28-19(16-29-20-7-5-4-6-8-20)15-27-18-11-9-17(2)10-12-18/h3-12,19H,1,13-16H2,2H3,(H,23,25). The third kappa shape index (κ3) is 9.21. The minimum absolute atomic E-state index is 0.0449. The number of hydrogen-bond donors (Lipinski definition) is 1. The van der Waals surface area contributed by atoms with Crippen molar-refractivity contribution in [2.24, 2.45) is 0 Å². The Labute approximate surface area is 175 Å². The highest BCUT2D eigenvalue weighted by Crippen LogP contribution is 2.20. The zero-order chi connectivity index (χ0) is 20.9. The lowest BCUT2D eigenvalue weighted by Crippen LogP contribution is -2.35. The molecule has 0 fully saturated rings. The van der Waals surface area contributed by atoms with Crippen molar-refractivity contribution >= 4 is 23.8 Å². The Morgan fingerprint density at radius 2 is 1.86 bits per heavy atom. The molecule has 29 heavy (non-hydrogen) atoms. The van der Waals surface area contributed by atoms with Gasteiger partial charge < -0.3 is 19.5 Å². The van der Waals surface area contributed by atoms with Gasteiger partial charge in [0.25, 0.3) is 0 Å². The number of rotatable bonds is 11. The predicted molar refractivity (Wildman–Crippen MR) is 113 cm³/mol. The summed E-state index contributed by atoms with van der Waals surface area (Å²) in [5.74, 6) is 0.712. The number of esters is 1. The highest BCUT2D eigenvalue weighted by molar-refractivity contribution is 7.99.